The summed E-state index contributed by atoms with van der Waals surface area (Å²) in [5.74, 6) is 0.0175. The zero-order valence-corrected chi connectivity index (χ0v) is 12.8. The number of halogens is 1. The van der Waals surface area contributed by atoms with Gasteiger partial charge in [0.05, 0.1) is 10.7 Å². The van der Waals surface area contributed by atoms with Crippen LogP contribution in [0.25, 0.3) is 0 Å². The van der Waals surface area contributed by atoms with E-state index in [0.717, 1.165) is 12.8 Å². The molecule has 0 spiro atoms. The molecular formula is C15H20ClN3O2. The van der Waals surface area contributed by atoms with Crippen LogP contribution in [-0.4, -0.2) is 35.8 Å². The molecular weight excluding hydrogens is 290 g/mol. The van der Waals surface area contributed by atoms with Crippen LogP contribution in [0.1, 0.15) is 36.5 Å². The van der Waals surface area contributed by atoms with Gasteiger partial charge in [-0.1, -0.05) is 18.5 Å². The summed E-state index contributed by atoms with van der Waals surface area (Å²) in [6.45, 7) is 3.10. The molecule has 2 rings (SSSR count). The number of nitrogens with zero attached hydrogens (tertiary/aromatic N) is 1. The molecule has 0 aromatic heterocycles. The number of amides is 2. The minimum absolute atomic E-state index is 0.0429. The summed E-state index contributed by atoms with van der Waals surface area (Å²) in [5.41, 5.74) is 6.69. The van der Waals surface area contributed by atoms with Crippen molar-refractivity contribution in [3.63, 3.8) is 0 Å². The van der Waals surface area contributed by atoms with Gasteiger partial charge in [-0.05, 0) is 31.0 Å². The number of nitrogens with one attached hydrogen (secondary N) is 1. The van der Waals surface area contributed by atoms with Crippen LogP contribution in [-0.2, 0) is 4.79 Å². The topological polar surface area (TPSA) is 75.4 Å². The smallest absolute Gasteiger partial charge is 0.253 e. The molecule has 1 aliphatic rings. The molecule has 1 fully saturated rings. The Morgan fingerprint density at radius 2 is 2.05 bits per heavy atom. The molecule has 0 atom stereocenters. The van der Waals surface area contributed by atoms with Crippen molar-refractivity contribution in [2.45, 2.75) is 32.2 Å². The third kappa shape index (κ3) is 3.88. The highest BCUT2D eigenvalue weighted by Crippen LogP contribution is 2.21. The highest BCUT2D eigenvalue weighted by molar-refractivity contribution is 6.33. The van der Waals surface area contributed by atoms with Gasteiger partial charge in [-0.2, -0.15) is 0 Å². The number of nitrogens with two attached hydrogens (primary N) is 1. The number of nitrogen functional groups attached to an aromatic ring is 1. The maximum Gasteiger partial charge on any atom is 0.253 e. The van der Waals surface area contributed by atoms with Gasteiger partial charge >= 0.3 is 0 Å². The molecule has 0 aliphatic carbocycles. The fraction of sp³-hybridized carbons (Fsp3) is 0.467. The van der Waals surface area contributed by atoms with Crippen molar-refractivity contribution in [2.24, 2.45) is 0 Å². The summed E-state index contributed by atoms with van der Waals surface area (Å²) in [6.07, 6.45) is 2.05. The van der Waals surface area contributed by atoms with Gasteiger partial charge < -0.3 is 16.0 Å². The summed E-state index contributed by atoms with van der Waals surface area (Å²) in [7, 11) is 0. The van der Waals surface area contributed by atoms with Crippen LogP contribution in [0, 0.1) is 0 Å². The van der Waals surface area contributed by atoms with Gasteiger partial charge in [-0.15, -0.1) is 0 Å². The molecule has 0 saturated carbocycles. The molecule has 1 aromatic rings. The van der Waals surface area contributed by atoms with E-state index in [0.29, 0.717) is 35.8 Å². The second-order valence-corrected chi connectivity index (χ2v) is 5.63. The lowest BCUT2D eigenvalue weighted by atomic mass is 10.0. The van der Waals surface area contributed by atoms with E-state index in [1.165, 1.54) is 0 Å². The summed E-state index contributed by atoms with van der Waals surface area (Å²) in [6, 6.07) is 5.09. The highest BCUT2D eigenvalue weighted by atomic mass is 35.5. The molecule has 21 heavy (non-hydrogen) atoms. The third-order valence-electron chi connectivity index (χ3n) is 3.71. The van der Waals surface area contributed by atoms with Crippen molar-refractivity contribution in [2.75, 3.05) is 18.8 Å². The van der Waals surface area contributed by atoms with Gasteiger partial charge in [0.1, 0.15) is 0 Å². The zero-order valence-electron chi connectivity index (χ0n) is 12.1. The monoisotopic (exact) mass is 309 g/mol. The molecule has 1 saturated heterocycles. The quantitative estimate of drug-likeness (QED) is 0.839. The summed E-state index contributed by atoms with van der Waals surface area (Å²) in [4.78, 5) is 25.5. The molecule has 1 aliphatic heterocycles. The first kappa shape index (κ1) is 15.6. The van der Waals surface area contributed by atoms with E-state index in [4.69, 9.17) is 17.3 Å². The van der Waals surface area contributed by atoms with Crippen molar-refractivity contribution in [1.29, 1.82) is 0 Å². The van der Waals surface area contributed by atoms with Gasteiger partial charge in [-0.25, -0.2) is 0 Å². The molecule has 0 radical (unpaired) electrons. The largest absolute Gasteiger partial charge is 0.398 e. The van der Waals surface area contributed by atoms with Crippen molar-refractivity contribution < 1.29 is 9.59 Å². The maximum absolute atomic E-state index is 12.4. The van der Waals surface area contributed by atoms with E-state index in [2.05, 4.69) is 5.32 Å². The summed E-state index contributed by atoms with van der Waals surface area (Å²) < 4.78 is 0. The van der Waals surface area contributed by atoms with Crippen molar-refractivity contribution >= 4 is 29.1 Å². The van der Waals surface area contributed by atoms with Gasteiger partial charge in [0.25, 0.3) is 5.91 Å². The molecule has 0 unspecified atom stereocenters. The first-order valence-corrected chi connectivity index (χ1v) is 7.52. The van der Waals surface area contributed by atoms with E-state index >= 15 is 0 Å². The fourth-order valence-electron chi connectivity index (χ4n) is 2.42. The van der Waals surface area contributed by atoms with E-state index in [1.807, 2.05) is 6.92 Å². The van der Waals surface area contributed by atoms with Crippen LogP contribution in [0.3, 0.4) is 0 Å². The van der Waals surface area contributed by atoms with Gasteiger partial charge in [0.2, 0.25) is 5.91 Å². The van der Waals surface area contributed by atoms with Gasteiger partial charge in [-0.3, -0.25) is 9.59 Å². The van der Waals surface area contributed by atoms with E-state index in [1.54, 1.807) is 23.1 Å². The average molecular weight is 310 g/mol. The molecule has 1 aromatic carbocycles. The average Bonchev–Trinajstić information content (AvgIpc) is 2.50. The van der Waals surface area contributed by atoms with Gasteiger partial charge in [0, 0.05) is 31.1 Å². The second-order valence-electron chi connectivity index (χ2n) is 5.22. The Morgan fingerprint density at radius 1 is 1.38 bits per heavy atom. The molecule has 6 heteroatoms. The van der Waals surface area contributed by atoms with Crippen LogP contribution in [0.2, 0.25) is 5.02 Å². The first-order chi connectivity index (χ1) is 10.0. The van der Waals surface area contributed by atoms with Gasteiger partial charge in [0.15, 0.2) is 0 Å². The number of carbonyl (C=O) groups excluding carboxylic acids is 2. The predicted molar refractivity (Wildman–Crippen MR) is 83.2 cm³/mol. The van der Waals surface area contributed by atoms with Crippen LogP contribution < -0.4 is 11.1 Å². The van der Waals surface area contributed by atoms with Crippen LogP contribution in [0.5, 0.6) is 0 Å². The number of hydrogen-bond donors (Lipinski definition) is 2. The molecule has 114 valence electrons. The minimum Gasteiger partial charge on any atom is -0.398 e. The van der Waals surface area contributed by atoms with Crippen LogP contribution in [0.4, 0.5) is 5.69 Å². The number of hydrogen-bond acceptors (Lipinski definition) is 3. The molecule has 2 amide bonds. The minimum atomic E-state index is -0.0429. The Hall–Kier alpha value is -1.75. The summed E-state index contributed by atoms with van der Waals surface area (Å²) in [5, 5.41) is 3.42. The lowest BCUT2D eigenvalue weighted by molar-refractivity contribution is -0.121. The number of rotatable bonds is 3. The van der Waals surface area contributed by atoms with E-state index < -0.39 is 0 Å². The molecule has 0 bridgehead atoms. The van der Waals surface area contributed by atoms with Crippen LogP contribution >= 0.6 is 11.6 Å². The van der Waals surface area contributed by atoms with E-state index in [9.17, 15) is 9.59 Å². The van der Waals surface area contributed by atoms with Crippen molar-refractivity contribution in [1.82, 2.24) is 10.2 Å². The third-order valence-corrected chi connectivity index (χ3v) is 4.06. The Balaban J connectivity index is 1.93. The van der Waals surface area contributed by atoms with E-state index in [-0.39, 0.29) is 17.9 Å². The lowest BCUT2D eigenvalue weighted by Crippen LogP contribution is -2.46. The lowest BCUT2D eigenvalue weighted by Gasteiger charge is -2.32. The molecule has 3 N–H and O–H groups in total. The normalized spacial score (nSPS) is 15.8. The first-order valence-electron chi connectivity index (χ1n) is 7.15. The zero-order chi connectivity index (χ0) is 15.4. The Kier molecular flexibility index (Phi) is 5.07. The Morgan fingerprint density at radius 3 is 2.62 bits per heavy atom. The number of anilines is 1. The predicted octanol–water partition coefficient (Wildman–Crippen LogP) is 2.05. The Bertz CT molecular complexity index is 540. The van der Waals surface area contributed by atoms with Crippen LogP contribution in [0.15, 0.2) is 18.2 Å². The standard InChI is InChI=1S/C15H20ClN3O2/c1-2-14(20)18-11-5-7-19(8-6-11)15(21)10-3-4-12(16)13(17)9-10/h3-4,9,11H,2,5-8,17H2,1H3,(H,18,20). The SMILES string of the molecule is CCC(=O)NC1CCN(C(=O)c2ccc(Cl)c(N)c2)CC1. The number of carbonyl (C=O) groups is 2. The molecule has 5 nitrogen and oxygen atoms in total. The highest BCUT2D eigenvalue weighted by Gasteiger charge is 2.24. The van der Waals surface area contributed by atoms with Crippen molar-refractivity contribution in [3.05, 3.63) is 28.8 Å². The Labute approximate surface area is 129 Å². The second kappa shape index (κ2) is 6.80. The fourth-order valence-corrected chi connectivity index (χ4v) is 2.53. The molecule has 1 heterocycles. The number of benzene rings is 1. The number of likely N-dealkylation sites (tertiary alicyclic amines) is 1. The number of piperidine rings is 1. The maximum atomic E-state index is 12.4. The summed E-state index contributed by atoms with van der Waals surface area (Å²) >= 11 is 5.86. The van der Waals surface area contributed by atoms with Crippen molar-refractivity contribution in [3.8, 4) is 0 Å².